The Hall–Kier alpha value is -3.98. The molecule has 178 valence electrons. The molecule has 0 unspecified atom stereocenters. The summed E-state index contributed by atoms with van der Waals surface area (Å²) in [6.07, 6.45) is 0.977. The fourth-order valence-corrected chi connectivity index (χ4v) is 4.50. The number of carbonyl (C=O) groups is 3. The van der Waals surface area contributed by atoms with E-state index >= 15 is 0 Å². The van der Waals surface area contributed by atoms with Gasteiger partial charge in [0.05, 0.1) is 43.3 Å². The van der Waals surface area contributed by atoms with Gasteiger partial charge in [-0.3, -0.25) is 19.3 Å². The van der Waals surface area contributed by atoms with E-state index in [1.54, 1.807) is 6.92 Å². The highest BCUT2D eigenvalue weighted by Gasteiger charge is 2.44. The van der Waals surface area contributed by atoms with E-state index in [1.165, 1.54) is 38.3 Å². The van der Waals surface area contributed by atoms with Crippen molar-refractivity contribution < 1.29 is 32.3 Å². The number of ether oxygens (including phenoxy) is 2. The molecule has 0 saturated heterocycles. The largest absolute Gasteiger partial charge is 0.491 e. The average molecular weight is 487 g/mol. The first-order valence-electron chi connectivity index (χ1n) is 10.1. The molecule has 1 atom stereocenters. The van der Waals surface area contributed by atoms with Crippen LogP contribution in [0.5, 0.6) is 11.6 Å². The van der Waals surface area contributed by atoms with Crippen LogP contribution in [0.2, 0.25) is 0 Å². The van der Waals surface area contributed by atoms with Crippen molar-refractivity contribution in [3.05, 3.63) is 52.5 Å². The fourth-order valence-electron chi connectivity index (χ4n) is 3.61. The number of pyridine rings is 1. The number of imide groups is 1. The molecule has 0 aliphatic carbocycles. The number of nitrogens with zero attached hydrogens (tertiary/aromatic N) is 3. The Kier molecular flexibility index (Phi) is 6.88. The SMILES string of the molecule is [C-]#[N+]c1cc(NC(C)=O)c2c(c1)C(=O)N([C@H](CS(C)(=O)=O)c1ccc(OC)c(OCC)n1)C2=O. The monoisotopic (exact) mass is 486 g/mol. The number of sulfone groups is 1. The van der Waals surface area contributed by atoms with Gasteiger partial charge in [-0.25, -0.2) is 18.2 Å². The number of hydrogen-bond donors (Lipinski definition) is 1. The van der Waals surface area contributed by atoms with Crippen LogP contribution in [-0.4, -0.2) is 61.7 Å². The Morgan fingerprint density at radius 3 is 2.53 bits per heavy atom. The third-order valence-electron chi connectivity index (χ3n) is 4.91. The Balaban J connectivity index is 2.19. The minimum atomic E-state index is -3.70. The quantitative estimate of drug-likeness (QED) is 0.444. The normalized spacial score (nSPS) is 13.8. The summed E-state index contributed by atoms with van der Waals surface area (Å²) >= 11 is 0. The molecule has 12 heteroatoms. The molecular formula is C22H22N4O7S. The van der Waals surface area contributed by atoms with E-state index in [2.05, 4.69) is 15.1 Å². The molecule has 2 aromatic rings. The molecule has 0 bridgehead atoms. The smallest absolute Gasteiger partial charge is 0.264 e. The summed E-state index contributed by atoms with van der Waals surface area (Å²) in [6.45, 7) is 10.5. The zero-order chi connectivity index (χ0) is 25.2. The zero-order valence-corrected chi connectivity index (χ0v) is 19.7. The van der Waals surface area contributed by atoms with E-state index in [-0.39, 0.29) is 40.7 Å². The van der Waals surface area contributed by atoms with Crippen molar-refractivity contribution in [1.29, 1.82) is 0 Å². The Morgan fingerprint density at radius 2 is 1.97 bits per heavy atom. The first kappa shape index (κ1) is 24.7. The first-order valence-corrected chi connectivity index (χ1v) is 12.1. The van der Waals surface area contributed by atoms with Gasteiger partial charge < -0.3 is 14.8 Å². The molecule has 1 aromatic carbocycles. The van der Waals surface area contributed by atoms with Crippen molar-refractivity contribution in [3.63, 3.8) is 0 Å². The van der Waals surface area contributed by atoms with Crippen molar-refractivity contribution in [3.8, 4) is 11.6 Å². The number of hydrogen-bond acceptors (Lipinski definition) is 8. The van der Waals surface area contributed by atoms with Crippen LogP contribution in [0.25, 0.3) is 4.85 Å². The second kappa shape index (κ2) is 9.48. The summed E-state index contributed by atoms with van der Waals surface area (Å²) in [5.74, 6) is -2.36. The summed E-state index contributed by atoms with van der Waals surface area (Å²) in [6, 6.07) is 4.17. The summed E-state index contributed by atoms with van der Waals surface area (Å²) in [4.78, 5) is 46.9. The van der Waals surface area contributed by atoms with Crippen LogP contribution in [0.4, 0.5) is 11.4 Å². The molecule has 2 heterocycles. The molecule has 1 aliphatic heterocycles. The fraction of sp³-hybridized carbons (Fsp3) is 0.318. The molecule has 1 N–H and O–H groups in total. The number of anilines is 1. The van der Waals surface area contributed by atoms with Gasteiger partial charge in [-0.1, -0.05) is 0 Å². The number of nitrogens with one attached hydrogen (secondary N) is 1. The van der Waals surface area contributed by atoms with E-state index in [9.17, 15) is 22.8 Å². The van der Waals surface area contributed by atoms with Crippen molar-refractivity contribution in [2.45, 2.75) is 19.9 Å². The highest BCUT2D eigenvalue weighted by atomic mass is 32.2. The number of benzene rings is 1. The van der Waals surface area contributed by atoms with Crippen LogP contribution in [0, 0.1) is 6.57 Å². The predicted octanol–water partition coefficient (Wildman–Crippen LogP) is 2.38. The van der Waals surface area contributed by atoms with Gasteiger partial charge in [0.25, 0.3) is 17.7 Å². The van der Waals surface area contributed by atoms with Crippen LogP contribution in [-0.2, 0) is 14.6 Å². The second-order valence-corrected chi connectivity index (χ2v) is 9.66. The highest BCUT2D eigenvalue weighted by Crippen LogP contribution is 2.39. The molecule has 1 aliphatic rings. The van der Waals surface area contributed by atoms with Gasteiger partial charge in [-0.15, -0.1) is 0 Å². The Bertz CT molecular complexity index is 1330. The van der Waals surface area contributed by atoms with Crippen LogP contribution in [0.3, 0.4) is 0 Å². The first-order chi connectivity index (χ1) is 16.0. The lowest BCUT2D eigenvalue weighted by Gasteiger charge is -2.26. The van der Waals surface area contributed by atoms with Gasteiger partial charge >= 0.3 is 0 Å². The molecule has 11 nitrogen and oxygen atoms in total. The molecule has 3 rings (SSSR count). The van der Waals surface area contributed by atoms with E-state index < -0.39 is 39.4 Å². The number of amides is 3. The van der Waals surface area contributed by atoms with E-state index in [0.717, 1.165) is 11.2 Å². The average Bonchev–Trinajstić information content (AvgIpc) is 3.01. The van der Waals surface area contributed by atoms with Gasteiger partial charge in [0.1, 0.15) is 9.84 Å². The number of aromatic nitrogens is 1. The summed E-state index contributed by atoms with van der Waals surface area (Å²) in [5.41, 5.74) is -0.112. The molecule has 3 amide bonds. The third kappa shape index (κ3) is 4.84. The molecule has 0 fully saturated rings. The van der Waals surface area contributed by atoms with Crippen molar-refractivity contribution in [2.75, 3.05) is 31.0 Å². The standard InChI is InChI=1S/C22H22N4O7S/c1-6-33-20-18(32-4)8-7-15(25-20)17(11-34(5,30)31)26-21(28)14-9-13(23-3)10-16(24-12(2)27)19(14)22(26)29/h7-10,17H,6,11H2,1-2,4-5H3,(H,24,27)/t17-/m1/s1. The predicted molar refractivity (Wildman–Crippen MR) is 122 cm³/mol. The summed E-state index contributed by atoms with van der Waals surface area (Å²) in [5, 5.41) is 2.47. The molecule has 1 aromatic heterocycles. The molecule has 0 radical (unpaired) electrons. The maximum atomic E-state index is 13.4. The Morgan fingerprint density at radius 1 is 1.26 bits per heavy atom. The number of methoxy groups -OCH3 is 1. The van der Waals surface area contributed by atoms with Crippen molar-refractivity contribution >= 4 is 38.9 Å². The highest BCUT2D eigenvalue weighted by molar-refractivity contribution is 7.90. The summed E-state index contributed by atoms with van der Waals surface area (Å²) < 4.78 is 35.2. The number of fused-ring (bicyclic) bond motifs is 1. The van der Waals surface area contributed by atoms with Crippen LogP contribution in [0.1, 0.15) is 46.3 Å². The van der Waals surface area contributed by atoms with Gasteiger partial charge in [0, 0.05) is 24.4 Å². The third-order valence-corrected chi connectivity index (χ3v) is 5.83. The summed E-state index contributed by atoms with van der Waals surface area (Å²) in [7, 11) is -2.29. The van der Waals surface area contributed by atoms with E-state index in [0.29, 0.717) is 5.75 Å². The number of rotatable bonds is 8. The maximum absolute atomic E-state index is 13.4. The maximum Gasteiger partial charge on any atom is 0.264 e. The van der Waals surface area contributed by atoms with Gasteiger partial charge in [-0.2, -0.15) is 0 Å². The van der Waals surface area contributed by atoms with Crippen LogP contribution in [0.15, 0.2) is 24.3 Å². The van der Waals surface area contributed by atoms with E-state index in [4.69, 9.17) is 16.0 Å². The molecule has 0 spiro atoms. The minimum Gasteiger partial charge on any atom is -0.491 e. The lowest BCUT2D eigenvalue weighted by atomic mass is 10.1. The second-order valence-electron chi connectivity index (χ2n) is 7.47. The van der Waals surface area contributed by atoms with E-state index in [1.807, 2.05) is 0 Å². The van der Waals surface area contributed by atoms with Gasteiger partial charge in [-0.05, 0) is 31.2 Å². The van der Waals surface area contributed by atoms with Crippen molar-refractivity contribution in [2.24, 2.45) is 0 Å². The Labute approximate surface area is 196 Å². The lowest BCUT2D eigenvalue weighted by Crippen LogP contribution is -2.38. The minimum absolute atomic E-state index is 0.00680. The molecular weight excluding hydrogens is 464 g/mol. The van der Waals surface area contributed by atoms with Gasteiger partial charge in [0.15, 0.2) is 11.4 Å². The van der Waals surface area contributed by atoms with Crippen LogP contribution >= 0.6 is 0 Å². The number of carbonyl (C=O) groups excluding carboxylic acids is 3. The topological polar surface area (TPSA) is 136 Å². The van der Waals surface area contributed by atoms with Crippen molar-refractivity contribution in [1.82, 2.24) is 9.88 Å². The molecule has 34 heavy (non-hydrogen) atoms. The van der Waals surface area contributed by atoms with Gasteiger partial charge in [0.2, 0.25) is 5.91 Å². The molecule has 0 saturated carbocycles. The van der Waals surface area contributed by atoms with Crippen LogP contribution < -0.4 is 14.8 Å². The lowest BCUT2D eigenvalue weighted by molar-refractivity contribution is -0.114. The zero-order valence-electron chi connectivity index (χ0n) is 18.9.